The average Bonchev–Trinajstić information content (AvgIpc) is 2.91. The zero-order valence-corrected chi connectivity index (χ0v) is 12.9. The summed E-state index contributed by atoms with van der Waals surface area (Å²) in [7, 11) is 0. The summed E-state index contributed by atoms with van der Waals surface area (Å²) in [5.41, 5.74) is 0. The van der Waals surface area contributed by atoms with Gasteiger partial charge in [0.15, 0.2) is 0 Å². The van der Waals surface area contributed by atoms with E-state index in [0.29, 0.717) is 19.5 Å². The monoisotopic (exact) mass is 297 g/mol. The highest BCUT2D eigenvalue weighted by molar-refractivity contribution is 7.09. The van der Waals surface area contributed by atoms with E-state index in [2.05, 4.69) is 16.0 Å². The number of carbonyl (C=O) groups is 2. The summed E-state index contributed by atoms with van der Waals surface area (Å²) in [6.07, 6.45) is 2.05. The van der Waals surface area contributed by atoms with Gasteiger partial charge in [0, 0.05) is 30.4 Å². The fourth-order valence-corrected chi connectivity index (χ4v) is 2.26. The predicted molar refractivity (Wildman–Crippen MR) is 81.9 cm³/mol. The molecule has 5 nitrogen and oxygen atoms in total. The molecule has 0 aliphatic rings. The van der Waals surface area contributed by atoms with Crippen LogP contribution < -0.4 is 16.0 Å². The lowest BCUT2D eigenvalue weighted by molar-refractivity contribution is -0.121. The Morgan fingerprint density at radius 3 is 2.70 bits per heavy atom. The summed E-state index contributed by atoms with van der Waals surface area (Å²) in [4.78, 5) is 24.2. The molecule has 112 valence electrons. The van der Waals surface area contributed by atoms with Gasteiger partial charge in [0.1, 0.15) is 0 Å². The molecular formula is C14H23N3O2S. The first-order valence-electron chi connectivity index (χ1n) is 6.95. The number of hydrogen-bond acceptors (Lipinski definition) is 3. The molecule has 1 aromatic heterocycles. The van der Waals surface area contributed by atoms with E-state index in [1.165, 1.54) is 4.88 Å². The van der Waals surface area contributed by atoms with E-state index < -0.39 is 0 Å². The number of amides is 3. The van der Waals surface area contributed by atoms with E-state index in [4.69, 9.17) is 0 Å². The molecule has 0 fully saturated rings. The van der Waals surface area contributed by atoms with Gasteiger partial charge in [-0.1, -0.05) is 13.0 Å². The minimum Gasteiger partial charge on any atom is -0.354 e. The maximum atomic E-state index is 11.5. The Hall–Kier alpha value is -1.56. The first-order valence-corrected chi connectivity index (χ1v) is 7.83. The molecule has 0 aliphatic carbocycles. The van der Waals surface area contributed by atoms with Gasteiger partial charge in [-0.05, 0) is 31.2 Å². The van der Waals surface area contributed by atoms with Gasteiger partial charge in [0.25, 0.3) is 0 Å². The van der Waals surface area contributed by atoms with Gasteiger partial charge in [-0.2, -0.15) is 0 Å². The lowest BCUT2D eigenvalue weighted by Gasteiger charge is -2.11. The van der Waals surface area contributed by atoms with E-state index in [0.717, 1.165) is 12.8 Å². The Balaban J connectivity index is 2.03. The van der Waals surface area contributed by atoms with Crippen LogP contribution in [0.5, 0.6) is 0 Å². The summed E-state index contributed by atoms with van der Waals surface area (Å²) in [5, 5.41) is 10.3. The van der Waals surface area contributed by atoms with Crippen LogP contribution in [0.3, 0.4) is 0 Å². The quantitative estimate of drug-likeness (QED) is 0.686. The molecule has 1 unspecified atom stereocenters. The Morgan fingerprint density at radius 2 is 2.05 bits per heavy atom. The molecule has 1 atom stereocenters. The normalized spacial score (nSPS) is 11.7. The van der Waals surface area contributed by atoms with Crippen LogP contribution in [0.4, 0.5) is 4.79 Å². The molecule has 0 spiro atoms. The molecule has 20 heavy (non-hydrogen) atoms. The molecule has 0 aromatic carbocycles. The van der Waals surface area contributed by atoms with Crippen molar-refractivity contribution in [3.8, 4) is 0 Å². The fraction of sp³-hybridized carbons (Fsp3) is 0.571. The molecule has 1 aromatic rings. The maximum absolute atomic E-state index is 11.5. The lowest BCUT2D eigenvalue weighted by Crippen LogP contribution is -2.39. The molecule has 3 N–H and O–H groups in total. The summed E-state index contributed by atoms with van der Waals surface area (Å²) < 4.78 is 0. The third-order valence-corrected chi connectivity index (χ3v) is 3.83. The second kappa shape index (κ2) is 9.36. The molecule has 3 amide bonds. The third-order valence-electron chi connectivity index (χ3n) is 2.89. The van der Waals surface area contributed by atoms with E-state index >= 15 is 0 Å². The van der Waals surface area contributed by atoms with Crippen LogP contribution in [0.25, 0.3) is 0 Å². The van der Waals surface area contributed by atoms with Crippen LogP contribution >= 0.6 is 11.3 Å². The summed E-state index contributed by atoms with van der Waals surface area (Å²) in [6.45, 7) is 4.94. The van der Waals surface area contributed by atoms with Crippen LogP contribution in [-0.2, 0) is 11.2 Å². The van der Waals surface area contributed by atoms with E-state index in [-0.39, 0.29) is 18.0 Å². The highest BCUT2D eigenvalue weighted by atomic mass is 32.1. The first kappa shape index (κ1) is 16.5. The fourth-order valence-electron chi connectivity index (χ4n) is 1.56. The summed E-state index contributed by atoms with van der Waals surface area (Å²) >= 11 is 1.68. The van der Waals surface area contributed by atoms with Gasteiger partial charge in [0.2, 0.25) is 5.91 Å². The largest absolute Gasteiger partial charge is 0.354 e. The number of hydrogen-bond donors (Lipinski definition) is 3. The van der Waals surface area contributed by atoms with Crippen molar-refractivity contribution < 1.29 is 9.59 Å². The average molecular weight is 297 g/mol. The molecule has 6 heteroatoms. The maximum Gasteiger partial charge on any atom is 0.314 e. The van der Waals surface area contributed by atoms with Crippen molar-refractivity contribution in [3.63, 3.8) is 0 Å². The zero-order chi connectivity index (χ0) is 14.8. The highest BCUT2D eigenvalue weighted by Gasteiger charge is 2.06. The Kier molecular flexibility index (Phi) is 7.72. The van der Waals surface area contributed by atoms with Crippen LogP contribution in [0.1, 0.15) is 31.6 Å². The third kappa shape index (κ3) is 7.13. The van der Waals surface area contributed by atoms with Crippen molar-refractivity contribution in [1.82, 2.24) is 16.0 Å². The van der Waals surface area contributed by atoms with Gasteiger partial charge in [-0.3, -0.25) is 4.79 Å². The SMILES string of the molecule is CCC(C)NC(=O)CCNC(=O)NCCc1cccs1. The van der Waals surface area contributed by atoms with Crippen LogP contribution in [0.2, 0.25) is 0 Å². The zero-order valence-electron chi connectivity index (χ0n) is 12.1. The van der Waals surface area contributed by atoms with Gasteiger partial charge in [-0.15, -0.1) is 11.3 Å². The molecule has 0 aliphatic heterocycles. The second-order valence-corrected chi connectivity index (χ2v) is 5.67. The minimum absolute atomic E-state index is 0.0294. The molecule has 1 heterocycles. The Labute approximate surface area is 124 Å². The number of thiophene rings is 1. The Bertz CT molecular complexity index is 407. The van der Waals surface area contributed by atoms with Crippen molar-refractivity contribution >= 4 is 23.3 Å². The highest BCUT2D eigenvalue weighted by Crippen LogP contribution is 2.07. The Morgan fingerprint density at radius 1 is 1.30 bits per heavy atom. The van der Waals surface area contributed by atoms with Crippen molar-refractivity contribution in [2.75, 3.05) is 13.1 Å². The number of carbonyl (C=O) groups excluding carboxylic acids is 2. The minimum atomic E-state index is -0.224. The summed E-state index contributed by atoms with van der Waals surface area (Å²) in [5.74, 6) is -0.0294. The number of rotatable bonds is 8. The van der Waals surface area contributed by atoms with E-state index in [1.807, 2.05) is 31.4 Å². The number of nitrogens with one attached hydrogen (secondary N) is 3. The van der Waals surface area contributed by atoms with Crippen LogP contribution in [0.15, 0.2) is 17.5 Å². The summed E-state index contributed by atoms with van der Waals surface area (Å²) in [6, 6.07) is 4.00. The molecular weight excluding hydrogens is 274 g/mol. The molecule has 0 radical (unpaired) electrons. The van der Waals surface area contributed by atoms with Gasteiger partial charge < -0.3 is 16.0 Å². The standard InChI is InChI=1S/C14H23N3O2S/c1-3-11(2)17-13(18)7-9-16-14(19)15-8-6-12-5-4-10-20-12/h4-5,10-11H,3,6-9H2,1-2H3,(H,17,18)(H2,15,16,19). The molecule has 1 rings (SSSR count). The van der Waals surface area contributed by atoms with Crippen molar-refractivity contribution in [2.45, 2.75) is 39.2 Å². The van der Waals surface area contributed by atoms with Crippen LogP contribution in [-0.4, -0.2) is 31.1 Å². The first-order chi connectivity index (χ1) is 9.61. The second-order valence-electron chi connectivity index (χ2n) is 4.64. The van der Waals surface area contributed by atoms with Gasteiger partial charge >= 0.3 is 6.03 Å². The smallest absolute Gasteiger partial charge is 0.314 e. The van der Waals surface area contributed by atoms with Crippen molar-refractivity contribution in [2.24, 2.45) is 0 Å². The molecule has 0 saturated carbocycles. The van der Waals surface area contributed by atoms with E-state index in [9.17, 15) is 9.59 Å². The van der Waals surface area contributed by atoms with Gasteiger partial charge in [-0.25, -0.2) is 4.79 Å². The van der Waals surface area contributed by atoms with Crippen molar-refractivity contribution in [3.05, 3.63) is 22.4 Å². The predicted octanol–water partition coefficient (Wildman–Crippen LogP) is 1.89. The lowest BCUT2D eigenvalue weighted by atomic mass is 10.2. The van der Waals surface area contributed by atoms with Crippen molar-refractivity contribution in [1.29, 1.82) is 0 Å². The van der Waals surface area contributed by atoms with Gasteiger partial charge in [0.05, 0.1) is 0 Å². The van der Waals surface area contributed by atoms with E-state index in [1.54, 1.807) is 11.3 Å². The molecule has 0 saturated heterocycles. The number of urea groups is 1. The van der Waals surface area contributed by atoms with Crippen LogP contribution in [0, 0.1) is 0 Å². The topological polar surface area (TPSA) is 70.2 Å². The molecule has 0 bridgehead atoms.